The van der Waals surface area contributed by atoms with E-state index < -0.39 is 0 Å². The van der Waals surface area contributed by atoms with Crippen LogP contribution in [0, 0.1) is 0 Å². The molecule has 1 atom stereocenters. The number of carbonyl (C=O) groups excluding carboxylic acids is 2. The number of ether oxygens (including phenoxy) is 1. The molecule has 118 valence electrons. The summed E-state index contributed by atoms with van der Waals surface area (Å²) in [6, 6.07) is 5.63. The van der Waals surface area contributed by atoms with Crippen LogP contribution in [0.3, 0.4) is 0 Å². The molecule has 1 heterocycles. The second kappa shape index (κ2) is 7.33. The highest BCUT2D eigenvalue weighted by atomic mass is 79.9. The van der Waals surface area contributed by atoms with Crippen molar-refractivity contribution in [2.45, 2.75) is 33.3 Å². The van der Waals surface area contributed by atoms with Gasteiger partial charge in [0, 0.05) is 6.54 Å². The summed E-state index contributed by atoms with van der Waals surface area (Å²) in [4.78, 5) is 25.5. The molecule has 0 N–H and O–H groups in total. The zero-order valence-electron chi connectivity index (χ0n) is 12.8. The van der Waals surface area contributed by atoms with Crippen LogP contribution in [0.25, 0.3) is 6.08 Å². The largest absolute Gasteiger partial charge is 0.490 e. The predicted octanol–water partition coefficient (Wildman–Crippen LogP) is 4.68. The van der Waals surface area contributed by atoms with Gasteiger partial charge < -0.3 is 4.74 Å². The monoisotopic (exact) mass is 383 g/mol. The van der Waals surface area contributed by atoms with E-state index in [1.807, 2.05) is 25.1 Å². The van der Waals surface area contributed by atoms with Gasteiger partial charge in [-0.15, -0.1) is 0 Å². The SMILES string of the molecule is CC[C@@H](C)Oc1ccc(/C=C2/SC(=O)N(CC)C2=O)cc1Br. The normalized spacial score (nSPS) is 18.2. The summed E-state index contributed by atoms with van der Waals surface area (Å²) < 4.78 is 6.62. The van der Waals surface area contributed by atoms with Gasteiger partial charge in [-0.1, -0.05) is 13.0 Å². The van der Waals surface area contributed by atoms with Crippen molar-refractivity contribution in [2.24, 2.45) is 0 Å². The zero-order valence-corrected chi connectivity index (χ0v) is 15.2. The molecule has 2 amide bonds. The van der Waals surface area contributed by atoms with Crippen molar-refractivity contribution in [1.82, 2.24) is 4.90 Å². The van der Waals surface area contributed by atoms with Crippen molar-refractivity contribution in [3.63, 3.8) is 0 Å². The lowest BCUT2D eigenvalue weighted by atomic mass is 10.2. The summed E-state index contributed by atoms with van der Waals surface area (Å²) in [5, 5.41) is -0.213. The number of amides is 2. The molecule has 1 aliphatic rings. The van der Waals surface area contributed by atoms with Crippen LogP contribution in [0.2, 0.25) is 0 Å². The Morgan fingerprint density at radius 2 is 2.09 bits per heavy atom. The van der Waals surface area contributed by atoms with Gasteiger partial charge in [-0.3, -0.25) is 14.5 Å². The summed E-state index contributed by atoms with van der Waals surface area (Å²) >= 11 is 4.46. The minimum atomic E-state index is -0.228. The maximum Gasteiger partial charge on any atom is 0.293 e. The molecular weight excluding hydrogens is 366 g/mol. The Morgan fingerprint density at radius 1 is 1.36 bits per heavy atom. The second-order valence-electron chi connectivity index (χ2n) is 4.95. The fourth-order valence-electron chi connectivity index (χ4n) is 1.93. The number of imide groups is 1. The zero-order chi connectivity index (χ0) is 16.3. The summed E-state index contributed by atoms with van der Waals surface area (Å²) in [5.41, 5.74) is 0.852. The van der Waals surface area contributed by atoms with Gasteiger partial charge in [0.2, 0.25) is 0 Å². The van der Waals surface area contributed by atoms with Crippen molar-refractivity contribution in [3.8, 4) is 5.75 Å². The Balaban J connectivity index is 2.21. The third-order valence-corrected chi connectivity index (χ3v) is 4.87. The summed E-state index contributed by atoms with van der Waals surface area (Å²) in [5.74, 6) is 0.543. The lowest BCUT2D eigenvalue weighted by Crippen LogP contribution is -2.27. The van der Waals surface area contributed by atoms with Crippen LogP contribution >= 0.6 is 27.7 Å². The summed E-state index contributed by atoms with van der Waals surface area (Å²) in [6.45, 7) is 6.27. The molecule has 1 aliphatic heterocycles. The molecule has 2 rings (SSSR count). The Labute approximate surface area is 143 Å². The summed E-state index contributed by atoms with van der Waals surface area (Å²) in [6.07, 6.45) is 2.81. The summed E-state index contributed by atoms with van der Waals surface area (Å²) in [7, 11) is 0. The maximum absolute atomic E-state index is 12.1. The molecule has 0 saturated carbocycles. The average molecular weight is 384 g/mol. The highest BCUT2D eigenvalue weighted by Crippen LogP contribution is 2.33. The van der Waals surface area contributed by atoms with Gasteiger partial charge in [0.05, 0.1) is 15.5 Å². The first-order valence-corrected chi connectivity index (χ1v) is 8.78. The molecule has 0 radical (unpaired) electrons. The third kappa shape index (κ3) is 3.73. The Morgan fingerprint density at radius 3 is 2.64 bits per heavy atom. The van der Waals surface area contributed by atoms with Crippen molar-refractivity contribution in [3.05, 3.63) is 33.1 Å². The third-order valence-electron chi connectivity index (χ3n) is 3.35. The molecule has 1 saturated heterocycles. The van der Waals surface area contributed by atoms with Gasteiger partial charge in [-0.2, -0.15) is 0 Å². The van der Waals surface area contributed by atoms with E-state index in [-0.39, 0.29) is 17.3 Å². The van der Waals surface area contributed by atoms with E-state index in [2.05, 4.69) is 22.9 Å². The maximum atomic E-state index is 12.1. The van der Waals surface area contributed by atoms with Gasteiger partial charge in [0.15, 0.2) is 0 Å². The Kier molecular flexibility index (Phi) is 5.69. The molecule has 4 nitrogen and oxygen atoms in total. The first-order valence-electron chi connectivity index (χ1n) is 7.17. The molecule has 1 aromatic carbocycles. The smallest absolute Gasteiger partial charge is 0.293 e. The molecule has 1 aromatic rings. The number of rotatable bonds is 5. The van der Waals surface area contributed by atoms with Crippen LogP contribution in [-0.2, 0) is 4.79 Å². The molecule has 22 heavy (non-hydrogen) atoms. The molecule has 0 unspecified atom stereocenters. The van der Waals surface area contributed by atoms with E-state index >= 15 is 0 Å². The van der Waals surface area contributed by atoms with Crippen LogP contribution in [0.1, 0.15) is 32.8 Å². The van der Waals surface area contributed by atoms with Gasteiger partial charge in [-0.25, -0.2) is 0 Å². The minimum Gasteiger partial charge on any atom is -0.490 e. The van der Waals surface area contributed by atoms with E-state index in [9.17, 15) is 9.59 Å². The predicted molar refractivity (Wildman–Crippen MR) is 92.9 cm³/mol. The number of thioether (sulfide) groups is 1. The van der Waals surface area contributed by atoms with E-state index in [1.54, 1.807) is 13.0 Å². The first kappa shape index (κ1) is 17.1. The molecule has 0 aliphatic carbocycles. The lowest BCUT2D eigenvalue weighted by Gasteiger charge is -2.14. The van der Waals surface area contributed by atoms with E-state index in [0.717, 1.165) is 34.0 Å². The molecule has 1 fully saturated rings. The van der Waals surface area contributed by atoms with Gasteiger partial charge >= 0.3 is 0 Å². The molecule has 0 aromatic heterocycles. The van der Waals surface area contributed by atoms with Crippen LogP contribution in [0.5, 0.6) is 5.75 Å². The van der Waals surface area contributed by atoms with Crippen molar-refractivity contribution >= 4 is 44.9 Å². The fourth-order valence-corrected chi connectivity index (χ4v) is 3.32. The highest BCUT2D eigenvalue weighted by molar-refractivity contribution is 9.10. The van der Waals surface area contributed by atoms with Crippen LogP contribution in [0.4, 0.5) is 4.79 Å². The Bertz CT molecular complexity index is 630. The number of hydrogen-bond donors (Lipinski definition) is 0. The standard InChI is InChI=1S/C16H18BrNO3S/c1-4-10(3)21-13-7-6-11(8-12(13)17)9-14-15(19)18(5-2)16(20)22-14/h6-10H,4-5H2,1-3H3/b14-9+/t10-/m1/s1. The van der Waals surface area contributed by atoms with E-state index in [4.69, 9.17) is 4.74 Å². The van der Waals surface area contributed by atoms with Crippen LogP contribution < -0.4 is 4.74 Å². The van der Waals surface area contributed by atoms with Crippen molar-refractivity contribution in [1.29, 1.82) is 0 Å². The molecular formula is C16H18BrNO3S. The van der Waals surface area contributed by atoms with Crippen molar-refractivity contribution < 1.29 is 14.3 Å². The molecule has 6 heteroatoms. The first-order chi connectivity index (χ1) is 10.5. The number of likely N-dealkylation sites (N-methyl/N-ethyl adjacent to an activating group) is 1. The molecule has 0 spiro atoms. The van der Waals surface area contributed by atoms with Crippen LogP contribution in [-0.4, -0.2) is 28.7 Å². The number of hydrogen-bond acceptors (Lipinski definition) is 4. The second-order valence-corrected chi connectivity index (χ2v) is 6.80. The topological polar surface area (TPSA) is 46.6 Å². The van der Waals surface area contributed by atoms with E-state index in [1.165, 1.54) is 4.90 Å². The minimum absolute atomic E-state index is 0.142. The average Bonchev–Trinajstić information content (AvgIpc) is 2.75. The van der Waals surface area contributed by atoms with Crippen molar-refractivity contribution in [2.75, 3.05) is 6.54 Å². The number of nitrogens with zero attached hydrogens (tertiary/aromatic N) is 1. The Hall–Kier alpha value is -1.27. The number of benzene rings is 1. The van der Waals surface area contributed by atoms with Gasteiger partial charge in [0.25, 0.3) is 11.1 Å². The number of carbonyl (C=O) groups is 2. The van der Waals surface area contributed by atoms with Crippen LogP contribution in [0.15, 0.2) is 27.6 Å². The quantitative estimate of drug-likeness (QED) is 0.692. The number of halogens is 1. The van der Waals surface area contributed by atoms with Gasteiger partial charge in [0.1, 0.15) is 5.75 Å². The molecule has 0 bridgehead atoms. The van der Waals surface area contributed by atoms with E-state index in [0.29, 0.717) is 11.4 Å². The highest BCUT2D eigenvalue weighted by Gasteiger charge is 2.33. The fraction of sp³-hybridized carbons (Fsp3) is 0.375. The van der Waals surface area contributed by atoms with Gasteiger partial charge in [-0.05, 0) is 71.7 Å². The lowest BCUT2D eigenvalue weighted by molar-refractivity contribution is -0.122.